The quantitative estimate of drug-likeness (QED) is 0.741. The number of aromatic nitrogens is 3. The van der Waals surface area contributed by atoms with Gasteiger partial charge in [-0.15, -0.1) is 0 Å². The smallest absolute Gasteiger partial charge is 0.243 e. The van der Waals surface area contributed by atoms with Crippen LogP contribution in [0.25, 0.3) is 11.5 Å². The standard InChI is InChI=1S/C11H16N4O2/c1-16-7-3-4-8(12)11-14-10(15-17-11)9-5-2-6-13-9/h2,5-6,8,13H,3-4,7,12H2,1H3. The van der Waals surface area contributed by atoms with E-state index >= 15 is 0 Å². The summed E-state index contributed by atoms with van der Waals surface area (Å²) in [5.41, 5.74) is 6.76. The van der Waals surface area contributed by atoms with Crippen LogP contribution in [-0.2, 0) is 4.74 Å². The molecule has 0 saturated carbocycles. The SMILES string of the molecule is COCCCC(N)c1nc(-c2ccc[nH]2)no1. The Bertz CT molecular complexity index is 438. The first-order valence-corrected chi connectivity index (χ1v) is 5.53. The van der Waals surface area contributed by atoms with Crippen molar-refractivity contribution in [3.63, 3.8) is 0 Å². The molecule has 6 heteroatoms. The molecular weight excluding hydrogens is 220 g/mol. The number of hydrogen-bond acceptors (Lipinski definition) is 5. The second kappa shape index (κ2) is 5.60. The molecule has 1 atom stereocenters. The average Bonchev–Trinajstić information content (AvgIpc) is 3.00. The molecule has 0 fully saturated rings. The summed E-state index contributed by atoms with van der Waals surface area (Å²) in [6, 6.07) is 3.52. The van der Waals surface area contributed by atoms with E-state index in [1.54, 1.807) is 7.11 Å². The number of aromatic amines is 1. The van der Waals surface area contributed by atoms with E-state index in [0.717, 1.165) is 18.5 Å². The lowest BCUT2D eigenvalue weighted by atomic mass is 10.2. The number of nitrogens with zero attached hydrogens (tertiary/aromatic N) is 2. The van der Waals surface area contributed by atoms with Crippen LogP contribution in [0.5, 0.6) is 0 Å². The third kappa shape index (κ3) is 2.92. The molecular formula is C11H16N4O2. The number of rotatable bonds is 6. The summed E-state index contributed by atoms with van der Waals surface area (Å²) in [6.45, 7) is 0.686. The van der Waals surface area contributed by atoms with Crippen LogP contribution in [-0.4, -0.2) is 28.8 Å². The first kappa shape index (κ1) is 11.8. The predicted octanol–water partition coefficient (Wildman–Crippen LogP) is 1.49. The first-order valence-electron chi connectivity index (χ1n) is 5.53. The minimum atomic E-state index is -0.235. The molecule has 17 heavy (non-hydrogen) atoms. The van der Waals surface area contributed by atoms with Crippen LogP contribution in [0.1, 0.15) is 24.8 Å². The predicted molar refractivity (Wildman–Crippen MR) is 62.1 cm³/mol. The van der Waals surface area contributed by atoms with Gasteiger partial charge in [-0.3, -0.25) is 0 Å². The van der Waals surface area contributed by atoms with E-state index < -0.39 is 0 Å². The highest BCUT2D eigenvalue weighted by molar-refractivity contribution is 5.47. The van der Waals surface area contributed by atoms with Crippen LogP contribution in [0.4, 0.5) is 0 Å². The normalized spacial score (nSPS) is 12.8. The van der Waals surface area contributed by atoms with Crippen LogP contribution in [0, 0.1) is 0 Å². The van der Waals surface area contributed by atoms with E-state index in [2.05, 4.69) is 15.1 Å². The third-order valence-corrected chi connectivity index (χ3v) is 2.46. The van der Waals surface area contributed by atoms with Crippen molar-refractivity contribution in [2.45, 2.75) is 18.9 Å². The molecule has 0 aliphatic rings. The Morgan fingerprint density at radius 1 is 1.59 bits per heavy atom. The summed E-state index contributed by atoms with van der Waals surface area (Å²) in [6.07, 6.45) is 3.45. The molecule has 2 aromatic heterocycles. The number of hydrogen-bond donors (Lipinski definition) is 2. The highest BCUT2D eigenvalue weighted by Gasteiger charge is 2.15. The van der Waals surface area contributed by atoms with Crippen LogP contribution < -0.4 is 5.73 Å². The lowest BCUT2D eigenvalue weighted by Gasteiger charge is -2.04. The molecule has 3 N–H and O–H groups in total. The van der Waals surface area contributed by atoms with Gasteiger partial charge in [0.1, 0.15) is 0 Å². The number of methoxy groups -OCH3 is 1. The molecule has 0 radical (unpaired) electrons. The number of nitrogens with one attached hydrogen (secondary N) is 1. The van der Waals surface area contributed by atoms with E-state index in [9.17, 15) is 0 Å². The topological polar surface area (TPSA) is 90.0 Å². The molecule has 1 unspecified atom stereocenters. The Morgan fingerprint density at radius 3 is 3.18 bits per heavy atom. The van der Waals surface area contributed by atoms with Gasteiger partial charge in [-0.25, -0.2) is 0 Å². The molecule has 0 bridgehead atoms. The van der Waals surface area contributed by atoms with Crippen molar-refractivity contribution in [2.75, 3.05) is 13.7 Å². The number of ether oxygens (including phenoxy) is 1. The number of H-pyrrole nitrogens is 1. The van der Waals surface area contributed by atoms with Crippen molar-refractivity contribution < 1.29 is 9.26 Å². The minimum Gasteiger partial charge on any atom is -0.385 e. The van der Waals surface area contributed by atoms with Gasteiger partial charge in [-0.1, -0.05) is 5.16 Å². The van der Waals surface area contributed by atoms with E-state index in [1.165, 1.54) is 0 Å². The van der Waals surface area contributed by atoms with Gasteiger partial charge in [0.15, 0.2) is 0 Å². The average molecular weight is 236 g/mol. The Morgan fingerprint density at radius 2 is 2.47 bits per heavy atom. The largest absolute Gasteiger partial charge is 0.385 e. The maximum Gasteiger partial charge on any atom is 0.243 e. The molecule has 92 valence electrons. The molecule has 0 aromatic carbocycles. The Balaban J connectivity index is 1.98. The van der Waals surface area contributed by atoms with E-state index in [1.807, 2.05) is 18.3 Å². The minimum absolute atomic E-state index is 0.235. The van der Waals surface area contributed by atoms with Gasteiger partial charge in [0.25, 0.3) is 0 Å². The summed E-state index contributed by atoms with van der Waals surface area (Å²) in [5.74, 6) is 0.998. The molecule has 0 saturated heterocycles. The second-order valence-electron chi connectivity index (χ2n) is 3.78. The summed E-state index contributed by atoms with van der Waals surface area (Å²) >= 11 is 0. The zero-order valence-electron chi connectivity index (χ0n) is 9.72. The molecule has 0 amide bonds. The van der Waals surface area contributed by atoms with Crippen molar-refractivity contribution in [1.29, 1.82) is 0 Å². The molecule has 0 aliphatic heterocycles. The van der Waals surface area contributed by atoms with Crippen LogP contribution in [0.15, 0.2) is 22.9 Å². The fourth-order valence-corrected chi connectivity index (χ4v) is 1.54. The Kier molecular flexibility index (Phi) is 3.89. The summed E-state index contributed by atoms with van der Waals surface area (Å²) < 4.78 is 10.1. The molecule has 0 spiro atoms. The lowest BCUT2D eigenvalue weighted by molar-refractivity contribution is 0.188. The van der Waals surface area contributed by atoms with E-state index in [4.69, 9.17) is 15.0 Å². The van der Waals surface area contributed by atoms with Crippen LogP contribution in [0.3, 0.4) is 0 Å². The lowest BCUT2D eigenvalue weighted by Crippen LogP contribution is -2.11. The van der Waals surface area contributed by atoms with Crippen molar-refractivity contribution in [3.05, 3.63) is 24.2 Å². The monoisotopic (exact) mass is 236 g/mol. The Hall–Kier alpha value is -1.66. The maximum absolute atomic E-state index is 5.94. The highest BCUT2D eigenvalue weighted by atomic mass is 16.5. The molecule has 2 aromatic rings. The first-order chi connectivity index (χ1) is 8.31. The molecule has 6 nitrogen and oxygen atoms in total. The molecule has 2 rings (SSSR count). The summed E-state index contributed by atoms with van der Waals surface area (Å²) in [4.78, 5) is 7.27. The van der Waals surface area contributed by atoms with Crippen molar-refractivity contribution >= 4 is 0 Å². The summed E-state index contributed by atoms with van der Waals surface area (Å²) in [5, 5.41) is 3.88. The van der Waals surface area contributed by atoms with E-state index in [-0.39, 0.29) is 6.04 Å². The van der Waals surface area contributed by atoms with Gasteiger partial charge < -0.3 is 20.0 Å². The van der Waals surface area contributed by atoms with Gasteiger partial charge in [-0.2, -0.15) is 4.98 Å². The Labute approximate surface area is 99.2 Å². The van der Waals surface area contributed by atoms with Crippen molar-refractivity contribution in [2.24, 2.45) is 5.73 Å². The highest BCUT2D eigenvalue weighted by Crippen LogP contribution is 2.18. The van der Waals surface area contributed by atoms with Gasteiger partial charge in [0.05, 0.1) is 11.7 Å². The van der Waals surface area contributed by atoms with Crippen LogP contribution >= 0.6 is 0 Å². The van der Waals surface area contributed by atoms with Crippen LogP contribution in [0.2, 0.25) is 0 Å². The second-order valence-corrected chi connectivity index (χ2v) is 3.78. The zero-order chi connectivity index (χ0) is 12.1. The fraction of sp³-hybridized carbons (Fsp3) is 0.455. The third-order valence-electron chi connectivity index (χ3n) is 2.46. The van der Waals surface area contributed by atoms with Crippen molar-refractivity contribution in [3.8, 4) is 11.5 Å². The fourth-order valence-electron chi connectivity index (χ4n) is 1.54. The maximum atomic E-state index is 5.94. The summed E-state index contributed by atoms with van der Waals surface area (Å²) in [7, 11) is 1.67. The van der Waals surface area contributed by atoms with Gasteiger partial charge in [0.2, 0.25) is 11.7 Å². The zero-order valence-corrected chi connectivity index (χ0v) is 9.72. The van der Waals surface area contributed by atoms with Gasteiger partial charge >= 0.3 is 0 Å². The van der Waals surface area contributed by atoms with Gasteiger partial charge in [-0.05, 0) is 25.0 Å². The molecule has 2 heterocycles. The number of nitrogens with two attached hydrogens (primary N) is 1. The van der Waals surface area contributed by atoms with Crippen molar-refractivity contribution in [1.82, 2.24) is 15.1 Å². The molecule has 0 aliphatic carbocycles. The van der Waals surface area contributed by atoms with E-state index in [0.29, 0.717) is 18.3 Å². The van der Waals surface area contributed by atoms with Gasteiger partial charge in [0, 0.05) is 19.9 Å².